The Labute approximate surface area is 370 Å². The van der Waals surface area contributed by atoms with Crippen molar-refractivity contribution in [2.45, 2.75) is 56.8 Å². The smallest absolute Gasteiger partial charge is 0.164 e. The molecule has 0 atom stereocenters. The molecule has 63 heavy (non-hydrogen) atoms. The van der Waals surface area contributed by atoms with Crippen LogP contribution in [0.4, 0.5) is 0 Å². The van der Waals surface area contributed by atoms with E-state index in [0.717, 1.165) is 33.4 Å². The third-order valence-corrected chi connectivity index (χ3v) is 14.3. The molecule has 0 amide bonds. The van der Waals surface area contributed by atoms with E-state index in [1.807, 2.05) is 24.3 Å². The zero-order valence-corrected chi connectivity index (χ0v) is 35.8. The maximum atomic E-state index is 5.11. The average Bonchev–Trinajstić information content (AvgIpc) is 3.74. The lowest BCUT2D eigenvalue weighted by molar-refractivity contribution is 0.353. The van der Waals surface area contributed by atoms with Crippen molar-refractivity contribution in [3.63, 3.8) is 0 Å². The molecule has 8 aromatic carbocycles. The fraction of sp³-hybridized carbons (Fsp3) is 0.150. The van der Waals surface area contributed by atoms with Gasteiger partial charge in [0, 0.05) is 27.5 Å². The standard InChI is InChI=1S/C60H47N3/c1-59(2)52-25-11-10-24-48(52)50-38-55-51(37-54(50)59)49-36-46(30-31-53(49)60(55)32-12-5-13-33-60)44-21-14-20-43(34-44)45-22-15-23-47(35-45)58-62-56(41-18-8-4-9-19-41)61-57(63-58)42-28-26-40(27-29-42)39-16-6-3-7-17-39/h3-4,6-11,14-31,34-38H,5,12-13,32-33H2,1-2H3. The van der Waals surface area contributed by atoms with Gasteiger partial charge >= 0.3 is 0 Å². The van der Waals surface area contributed by atoms with Crippen LogP contribution in [0.3, 0.4) is 0 Å². The molecule has 3 nitrogen and oxygen atoms in total. The zero-order chi connectivity index (χ0) is 42.1. The van der Waals surface area contributed by atoms with Crippen LogP contribution in [0.5, 0.6) is 0 Å². The minimum atomic E-state index is -0.0377. The number of benzene rings is 8. The Bertz CT molecular complexity index is 3210. The summed E-state index contributed by atoms with van der Waals surface area (Å²) in [5, 5.41) is 0. The topological polar surface area (TPSA) is 38.7 Å². The van der Waals surface area contributed by atoms with Crippen molar-refractivity contribution in [1.29, 1.82) is 0 Å². The molecular weight excluding hydrogens is 763 g/mol. The SMILES string of the molecule is CC1(C)c2ccccc2-c2cc3c(cc21)-c1cc(-c2cccc(-c4cccc(-c5nc(-c6ccccc6)nc(-c6ccc(-c7ccccc7)cc6)n5)c4)c2)ccc1C31CCCCC1. The fourth-order valence-electron chi connectivity index (χ4n) is 11.1. The predicted octanol–water partition coefficient (Wildman–Crippen LogP) is 15.4. The molecule has 0 bridgehead atoms. The molecule has 1 heterocycles. The zero-order valence-electron chi connectivity index (χ0n) is 35.8. The van der Waals surface area contributed by atoms with Gasteiger partial charge in [0.2, 0.25) is 0 Å². The first-order valence-corrected chi connectivity index (χ1v) is 22.6. The van der Waals surface area contributed by atoms with Crippen LogP contribution in [-0.4, -0.2) is 15.0 Å². The number of nitrogens with zero attached hydrogens (tertiary/aromatic N) is 3. The highest BCUT2D eigenvalue weighted by Gasteiger charge is 2.46. The summed E-state index contributed by atoms with van der Waals surface area (Å²) >= 11 is 0. The second-order valence-corrected chi connectivity index (χ2v) is 18.3. The van der Waals surface area contributed by atoms with E-state index >= 15 is 0 Å². The predicted molar refractivity (Wildman–Crippen MR) is 259 cm³/mol. The van der Waals surface area contributed by atoms with Gasteiger partial charge in [0.25, 0.3) is 0 Å². The van der Waals surface area contributed by atoms with Crippen LogP contribution in [-0.2, 0) is 10.8 Å². The van der Waals surface area contributed by atoms with Gasteiger partial charge in [0.1, 0.15) is 0 Å². The first-order chi connectivity index (χ1) is 30.9. The number of rotatable bonds is 6. The molecule has 3 heteroatoms. The van der Waals surface area contributed by atoms with E-state index in [4.69, 9.17) is 15.0 Å². The second kappa shape index (κ2) is 14.7. The molecule has 1 spiro atoms. The summed E-state index contributed by atoms with van der Waals surface area (Å²) in [4.78, 5) is 15.2. The molecule has 1 aromatic heterocycles. The third kappa shape index (κ3) is 6.21. The molecule has 1 fully saturated rings. The third-order valence-electron chi connectivity index (χ3n) is 14.3. The van der Waals surface area contributed by atoms with Gasteiger partial charge in [-0.1, -0.05) is 191 Å². The molecule has 0 unspecified atom stereocenters. The fourth-order valence-corrected chi connectivity index (χ4v) is 11.1. The lowest BCUT2D eigenvalue weighted by Crippen LogP contribution is -2.28. The molecule has 0 saturated heterocycles. The van der Waals surface area contributed by atoms with Gasteiger partial charge < -0.3 is 0 Å². The van der Waals surface area contributed by atoms with Crippen molar-refractivity contribution >= 4 is 0 Å². The lowest BCUT2D eigenvalue weighted by atomic mass is 9.67. The first kappa shape index (κ1) is 37.5. The monoisotopic (exact) mass is 809 g/mol. The number of fused-ring (bicyclic) bond motifs is 8. The van der Waals surface area contributed by atoms with Gasteiger partial charge in [0.15, 0.2) is 17.5 Å². The molecule has 3 aliphatic rings. The van der Waals surface area contributed by atoms with Crippen LogP contribution in [0.25, 0.3) is 89.8 Å². The van der Waals surface area contributed by atoms with Crippen molar-refractivity contribution in [3.05, 3.63) is 210 Å². The minimum absolute atomic E-state index is 0.0377. The molecule has 0 radical (unpaired) electrons. The highest BCUT2D eigenvalue weighted by Crippen LogP contribution is 2.60. The quantitative estimate of drug-likeness (QED) is 0.168. The van der Waals surface area contributed by atoms with Crippen LogP contribution in [0.15, 0.2) is 188 Å². The molecule has 0 aliphatic heterocycles. The molecule has 3 aliphatic carbocycles. The maximum Gasteiger partial charge on any atom is 0.164 e. The summed E-state index contributed by atoms with van der Waals surface area (Å²) in [6, 6.07) is 68.4. The number of hydrogen-bond acceptors (Lipinski definition) is 3. The minimum Gasteiger partial charge on any atom is -0.208 e. The first-order valence-electron chi connectivity index (χ1n) is 22.6. The summed E-state index contributed by atoms with van der Waals surface area (Å²) in [6.45, 7) is 4.81. The van der Waals surface area contributed by atoms with Gasteiger partial charge in [-0.2, -0.15) is 0 Å². The van der Waals surface area contributed by atoms with Crippen LogP contribution >= 0.6 is 0 Å². The molecule has 1 saturated carbocycles. The van der Waals surface area contributed by atoms with E-state index in [2.05, 4.69) is 178 Å². The van der Waals surface area contributed by atoms with Crippen LogP contribution in [0.2, 0.25) is 0 Å². The van der Waals surface area contributed by atoms with Gasteiger partial charge in [-0.05, 0) is 121 Å². The summed E-state index contributed by atoms with van der Waals surface area (Å²) in [7, 11) is 0. The summed E-state index contributed by atoms with van der Waals surface area (Å²) in [5.74, 6) is 1.95. The summed E-state index contributed by atoms with van der Waals surface area (Å²) in [6.07, 6.45) is 6.32. The summed E-state index contributed by atoms with van der Waals surface area (Å²) < 4.78 is 0. The van der Waals surface area contributed by atoms with Crippen LogP contribution in [0.1, 0.15) is 68.2 Å². The Hall–Kier alpha value is -7.23. The lowest BCUT2D eigenvalue weighted by Gasteiger charge is -2.36. The Kier molecular flexibility index (Phi) is 8.76. The van der Waals surface area contributed by atoms with E-state index in [-0.39, 0.29) is 10.8 Å². The molecule has 302 valence electrons. The van der Waals surface area contributed by atoms with E-state index in [9.17, 15) is 0 Å². The summed E-state index contributed by atoms with van der Waals surface area (Å²) in [5.41, 5.74) is 21.7. The molecular formula is C60H47N3. The van der Waals surface area contributed by atoms with E-state index < -0.39 is 0 Å². The van der Waals surface area contributed by atoms with Gasteiger partial charge in [-0.15, -0.1) is 0 Å². The van der Waals surface area contributed by atoms with Crippen molar-refractivity contribution < 1.29 is 0 Å². The maximum absolute atomic E-state index is 5.11. The van der Waals surface area contributed by atoms with Crippen molar-refractivity contribution in [3.8, 4) is 89.8 Å². The van der Waals surface area contributed by atoms with Gasteiger partial charge in [0.05, 0.1) is 0 Å². The van der Waals surface area contributed by atoms with Crippen molar-refractivity contribution in [2.75, 3.05) is 0 Å². The largest absolute Gasteiger partial charge is 0.208 e. The van der Waals surface area contributed by atoms with Crippen LogP contribution in [0, 0.1) is 0 Å². The van der Waals surface area contributed by atoms with E-state index in [0.29, 0.717) is 17.5 Å². The molecule has 9 aromatic rings. The molecule has 0 N–H and O–H groups in total. The average molecular weight is 810 g/mol. The van der Waals surface area contributed by atoms with Crippen LogP contribution < -0.4 is 0 Å². The van der Waals surface area contributed by atoms with Crippen molar-refractivity contribution in [1.82, 2.24) is 15.0 Å². The van der Waals surface area contributed by atoms with Crippen molar-refractivity contribution in [2.24, 2.45) is 0 Å². The number of hydrogen-bond donors (Lipinski definition) is 0. The highest BCUT2D eigenvalue weighted by molar-refractivity contribution is 5.91. The normalized spacial score (nSPS) is 15.1. The Morgan fingerprint density at radius 2 is 0.746 bits per heavy atom. The second-order valence-electron chi connectivity index (χ2n) is 18.3. The number of aromatic nitrogens is 3. The Morgan fingerprint density at radius 3 is 1.43 bits per heavy atom. The van der Waals surface area contributed by atoms with Gasteiger partial charge in [-0.25, -0.2) is 15.0 Å². The Balaban J connectivity index is 0.918. The van der Waals surface area contributed by atoms with Gasteiger partial charge in [-0.3, -0.25) is 0 Å². The Morgan fingerprint density at radius 1 is 0.302 bits per heavy atom. The highest BCUT2D eigenvalue weighted by atomic mass is 15.0. The van der Waals surface area contributed by atoms with E-state index in [1.165, 1.54) is 87.7 Å². The van der Waals surface area contributed by atoms with E-state index in [1.54, 1.807) is 5.56 Å². The molecule has 12 rings (SSSR count).